The summed E-state index contributed by atoms with van der Waals surface area (Å²) >= 11 is 0. The molecular formula is C15H14N2. The topological polar surface area (TPSA) is 36.4 Å². The molecule has 0 unspecified atom stereocenters. The average Bonchev–Trinajstić information content (AvgIpc) is 2.30. The van der Waals surface area contributed by atoms with E-state index in [9.17, 15) is 5.53 Å². The summed E-state index contributed by atoms with van der Waals surface area (Å²) in [4.78, 5) is 3.43. The molecule has 2 heteroatoms. The standard InChI is InChI=1S/C15H14N2/c1-11-5-3-7-13(9-11)15(17-16)14-8-4-6-12(2)10-14/h3-10H,1-2H3. The van der Waals surface area contributed by atoms with Crippen LogP contribution in [-0.2, 0) is 0 Å². The molecule has 0 radical (unpaired) electrons. The molecule has 0 aromatic heterocycles. The Morgan fingerprint density at radius 3 is 1.71 bits per heavy atom. The molecule has 2 aromatic carbocycles. The summed E-state index contributed by atoms with van der Waals surface area (Å²) in [6, 6.07) is 15.9. The van der Waals surface area contributed by atoms with Gasteiger partial charge in [0.1, 0.15) is 0 Å². The Labute approximate surface area is 101 Å². The third kappa shape index (κ3) is 2.49. The van der Waals surface area contributed by atoms with E-state index in [0.717, 1.165) is 22.3 Å². The molecule has 17 heavy (non-hydrogen) atoms. The summed E-state index contributed by atoms with van der Waals surface area (Å²) in [7, 11) is 0. The van der Waals surface area contributed by atoms with Gasteiger partial charge in [0.25, 0.3) is 0 Å². The molecule has 0 fully saturated rings. The van der Waals surface area contributed by atoms with Crippen LogP contribution < -0.4 is 0 Å². The number of hydrogen-bond donors (Lipinski definition) is 0. The Balaban J connectivity index is 2.52. The lowest BCUT2D eigenvalue weighted by atomic mass is 10.00. The van der Waals surface area contributed by atoms with E-state index < -0.39 is 0 Å². The van der Waals surface area contributed by atoms with Crippen LogP contribution in [0.15, 0.2) is 48.5 Å². The predicted octanol–water partition coefficient (Wildman–Crippen LogP) is 3.37. The van der Waals surface area contributed by atoms with Gasteiger partial charge < -0.3 is 5.53 Å². The van der Waals surface area contributed by atoms with Gasteiger partial charge in [-0.2, -0.15) is 4.79 Å². The summed E-state index contributed by atoms with van der Waals surface area (Å²) in [5.41, 5.74) is 14.0. The zero-order chi connectivity index (χ0) is 12.3. The second kappa shape index (κ2) is 4.77. The Kier molecular flexibility index (Phi) is 3.17. The molecule has 0 aliphatic carbocycles. The van der Waals surface area contributed by atoms with Crippen molar-refractivity contribution >= 4 is 5.71 Å². The van der Waals surface area contributed by atoms with Crippen LogP contribution in [0.25, 0.3) is 5.53 Å². The summed E-state index contributed by atoms with van der Waals surface area (Å²) < 4.78 is 0. The van der Waals surface area contributed by atoms with E-state index in [-0.39, 0.29) is 0 Å². The third-order valence-corrected chi connectivity index (χ3v) is 2.68. The minimum absolute atomic E-state index is 0.609. The number of hydrogen-bond acceptors (Lipinski definition) is 0. The molecule has 84 valence electrons. The largest absolute Gasteiger partial charge is 0.361 e. The maximum atomic E-state index is 9.20. The van der Waals surface area contributed by atoms with Crippen LogP contribution in [0.2, 0.25) is 0 Å². The molecule has 2 aromatic rings. The lowest BCUT2D eigenvalue weighted by molar-refractivity contribution is -0.00280. The monoisotopic (exact) mass is 222 g/mol. The van der Waals surface area contributed by atoms with Gasteiger partial charge in [0.2, 0.25) is 0 Å². The Bertz CT molecular complexity index is 546. The quantitative estimate of drug-likeness (QED) is 0.424. The minimum atomic E-state index is 0.609. The molecule has 0 saturated carbocycles. The molecule has 0 bridgehead atoms. The van der Waals surface area contributed by atoms with E-state index in [2.05, 4.69) is 4.79 Å². The predicted molar refractivity (Wildman–Crippen MR) is 69.2 cm³/mol. The molecule has 0 spiro atoms. The fourth-order valence-electron chi connectivity index (χ4n) is 1.87. The summed E-state index contributed by atoms with van der Waals surface area (Å²) in [5.74, 6) is 0. The first-order valence-electron chi connectivity index (χ1n) is 5.57. The van der Waals surface area contributed by atoms with E-state index in [1.807, 2.05) is 62.4 Å². The van der Waals surface area contributed by atoms with Crippen LogP contribution >= 0.6 is 0 Å². The smallest absolute Gasteiger partial charge is 0.329 e. The second-order valence-electron chi connectivity index (χ2n) is 4.19. The van der Waals surface area contributed by atoms with Crippen LogP contribution in [0.5, 0.6) is 0 Å². The molecule has 0 aliphatic rings. The maximum absolute atomic E-state index is 9.20. The molecule has 0 heterocycles. The van der Waals surface area contributed by atoms with Gasteiger partial charge in [-0.1, -0.05) is 35.4 Å². The molecule has 0 atom stereocenters. The molecule has 0 aliphatic heterocycles. The van der Waals surface area contributed by atoms with Crippen LogP contribution in [0, 0.1) is 13.8 Å². The summed E-state index contributed by atoms with van der Waals surface area (Å²) in [6.45, 7) is 4.05. The SMILES string of the molecule is Cc1cccc(C(=[N+]=[N-])c2cccc(C)c2)c1. The molecule has 0 amide bonds. The Morgan fingerprint density at radius 1 is 0.882 bits per heavy atom. The van der Waals surface area contributed by atoms with E-state index in [1.165, 1.54) is 0 Å². The highest BCUT2D eigenvalue weighted by Gasteiger charge is 2.14. The van der Waals surface area contributed by atoms with Crippen LogP contribution in [0.3, 0.4) is 0 Å². The average molecular weight is 222 g/mol. The highest BCUT2D eigenvalue weighted by Crippen LogP contribution is 2.12. The highest BCUT2D eigenvalue weighted by molar-refractivity contribution is 6.09. The van der Waals surface area contributed by atoms with Gasteiger partial charge >= 0.3 is 5.71 Å². The molecule has 0 N–H and O–H groups in total. The molecular weight excluding hydrogens is 208 g/mol. The van der Waals surface area contributed by atoms with Crippen LogP contribution in [0.1, 0.15) is 22.3 Å². The highest BCUT2D eigenvalue weighted by atomic mass is 14.9. The molecule has 0 saturated heterocycles. The summed E-state index contributed by atoms with van der Waals surface area (Å²) in [5, 5.41) is 0. The number of aryl methyl sites for hydroxylation is 2. The lowest BCUT2D eigenvalue weighted by Gasteiger charge is -2.00. The third-order valence-electron chi connectivity index (χ3n) is 2.68. The number of rotatable bonds is 2. The first-order chi connectivity index (χ1) is 8.20. The fourth-order valence-corrected chi connectivity index (χ4v) is 1.87. The van der Waals surface area contributed by atoms with Gasteiger partial charge in [-0.05, 0) is 38.1 Å². The Hall–Kier alpha value is -2.18. The van der Waals surface area contributed by atoms with E-state index in [1.54, 1.807) is 0 Å². The van der Waals surface area contributed by atoms with Gasteiger partial charge in [0.15, 0.2) is 0 Å². The van der Waals surface area contributed by atoms with Gasteiger partial charge in [-0.25, -0.2) is 0 Å². The van der Waals surface area contributed by atoms with Crippen molar-refractivity contribution in [3.8, 4) is 0 Å². The van der Waals surface area contributed by atoms with E-state index in [4.69, 9.17) is 0 Å². The number of nitrogens with zero attached hydrogens (tertiary/aromatic N) is 2. The van der Waals surface area contributed by atoms with Gasteiger partial charge in [0, 0.05) is 0 Å². The zero-order valence-electron chi connectivity index (χ0n) is 10.0. The van der Waals surface area contributed by atoms with Gasteiger partial charge in [-0.15, -0.1) is 0 Å². The normalized spacial score (nSPS) is 9.76. The Morgan fingerprint density at radius 2 is 1.35 bits per heavy atom. The fraction of sp³-hybridized carbons (Fsp3) is 0.133. The van der Waals surface area contributed by atoms with Crippen LogP contribution in [-0.4, -0.2) is 10.5 Å². The molecule has 2 nitrogen and oxygen atoms in total. The van der Waals surface area contributed by atoms with Crippen molar-refractivity contribution in [2.75, 3.05) is 0 Å². The van der Waals surface area contributed by atoms with Crippen molar-refractivity contribution < 1.29 is 4.79 Å². The van der Waals surface area contributed by atoms with E-state index in [0.29, 0.717) is 5.71 Å². The van der Waals surface area contributed by atoms with Crippen molar-refractivity contribution in [2.24, 2.45) is 0 Å². The number of benzene rings is 2. The van der Waals surface area contributed by atoms with Crippen molar-refractivity contribution in [3.63, 3.8) is 0 Å². The van der Waals surface area contributed by atoms with Crippen molar-refractivity contribution in [1.82, 2.24) is 0 Å². The maximum Gasteiger partial charge on any atom is 0.329 e. The van der Waals surface area contributed by atoms with Gasteiger partial charge in [0.05, 0.1) is 11.1 Å². The van der Waals surface area contributed by atoms with E-state index >= 15 is 0 Å². The minimum Gasteiger partial charge on any atom is -0.361 e. The van der Waals surface area contributed by atoms with Crippen molar-refractivity contribution in [3.05, 3.63) is 76.3 Å². The first kappa shape index (κ1) is 11.3. The van der Waals surface area contributed by atoms with Crippen molar-refractivity contribution in [2.45, 2.75) is 13.8 Å². The zero-order valence-corrected chi connectivity index (χ0v) is 10.0. The second-order valence-corrected chi connectivity index (χ2v) is 4.19. The van der Waals surface area contributed by atoms with Crippen LogP contribution in [0.4, 0.5) is 0 Å². The van der Waals surface area contributed by atoms with Gasteiger partial charge in [-0.3, -0.25) is 0 Å². The van der Waals surface area contributed by atoms with Crippen molar-refractivity contribution in [1.29, 1.82) is 0 Å². The molecule has 2 rings (SSSR count). The summed E-state index contributed by atoms with van der Waals surface area (Å²) in [6.07, 6.45) is 0. The first-order valence-corrected chi connectivity index (χ1v) is 5.57. The lowest BCUT2D eigenvalue weighted by Crippen LogP contribution is -2.04.